The van der Waals surface area contributed by atoms with Crippen LogP contribution in [0.4, 0.5) is 0 Å². The zero-order chi connectivity index (χ0) is 22.6. The molecule has 1 saturated heterocycles. The van der Waals surface area contributed by atoms with E-state index in [2.05, 4.69) is 0 Å². The number of amides is 1. The predicted molar refractivity (Wildman–Crippen MR) is 119 cm³/mol. The van der Waals surface area contributed by atoms with Crippen molar-refractivity contribution in [2.75, 3.05) is 32.3 Å². The van der Waals surface area contributed by atoms with E-state index in [-0.39, 0.29) is 36.6 Å². The Bertz CT molecular complexity index is 1030. The fraction of sp³-hybridized carbons (Fsp3) is 0.435. The number of ether oxygens (including phenoxy) is 3. The molecule has 2 aromatic rings. The van der Waals surface area contributed by atoms with Crippen LogP contribution in [0.1, 0.15) is 23.1 Å². The second kappa shape index (κ2) is 9.60. The van der Waals surface area contributed by atoms with Crippen LogP contribution in [0.5, 0.6) is 17.2 Å². The summed E-state index contributed by atoms with van der Waals surface area (Å²) in [6.07, 6.45) is 0.422. The summed E-state index contributed by atoms with van der Waals surface area (Å²) in [7, 11) is -0.0435. The van der Waals surface area contributed by atoms with Gasteiger partial charge >= 0.3 is 0 Å². The molecule has 1 atom stereocenters. The number of hydrogen-bond acceptors (Lipinski definition) is 6. The summed E-state index contributed by atoms with van der Waals surface area (Å²) < 4.78 is 40.5. The number of rotatable bonds is 8. The second-order valence-corrected chi connectivity index (χ2v) is 10.1. The van der Waals surface area contributed by atoms with Crippen LogP contribution in [0.15, 0.2) is 36.4 Å². The summed E-state index contributed by atoms with van der Waals surface area (Å²) in [5.74, 6) is 1.57. The summed E-state index contributed by atoms with van der Waals surface area (Å²) in [5, 5.41) is 0. The number of carbonyl (C=O) groups excluding carboxylic acids is 1. The van der Waals surface area contributed by atoms with Crippen LogP contribution < -0.4 is 14.2 Å². The molecular formula is C23H29NO6S. The Balaban J connectivity index is 1.80. The third kappa shape index (κ3) is 5.91. The molecule has 1 fully saturated rings. The normalized spacial score (nSPS) is 17.2. The standard InChI is InChI=1S/C23H29NO6S/c1-16-9-17(2)11-20(10-16)30-14-23(25)24(19-7-8-31(26,27)15-19)13-18-5-6-21(28-3)22(12-18)29-4/h5-6,9-12,19H,7-8,13-15H2,1-4H3. The Labute approximate surface area is 183 Å². The maximum Gasteiger partial charge on any atom is 0.261 e. The molecule has 1 heterocycles. The van der Waals surface area contributed by atoms with E-state index in [4.69, 9.17) is 14.2 Å². The maximum atomic E-state index is 13.1. The van der Waals surface area contributed by atoms with E-state index in [1.165, 1.54) is 0 Å². The zero-order valence-electron chi connectivity index (χ0n) is 18.4. The lowest BCUT2D eigenvalue weighted by Gasteiger charge is -2.28. The predicted octanol–water partition coefficient (Wildman–Crippen LogP) is 2.92. The summed E-state index contributed by atoms with van der Waals surface area (Å²) >= 11 is 0. The summed E-state index contributed by atoms with van der Waals surface area (Å²) in [4.78, 5) is 14.7. The first kappa shape index (κ1) is 22.9. The Morgan fingerprint density at radius 2 is 1.71 bits per heavy atom. The van der Waals surface area contributed by atoms with Gasteiger partial charge < -0.3 is 19.1 Å². The van der Waals surface area contributed by atoms with Crippen molar-refractivity contribution < 1.29 is 27.4 Å². The Morgan fingerprint density at radius 3 is 2.29 bits per heavy atom. The second-order valence-electron chi connectivity index (χ2n) is 7.88. The van der Waals surface area contributed by atoms with Gasteiger partial charge in [-0.2, -0.15) is 0 Å². The molecule has 2 aromatic carbocycles. The average molecular weight is 448 g/mol. The first-order valence-corrected chi connectivity index (χ1v) is 11.9. The van der Waals surface area contributed by atoms with Gasteiger partial charge in [-0.3, -0.25) is 4.79 Å². The van der Waals surface area contributed by atoms with E-state index < -0.39 is 9.84 Å². The van der Waals surface area contributed by atoms with Gasteiger partial charge in [0.1, 0.15) is 5.75 Å². The number of hydrogen-bond donors (Lipinski definition) is 0. The molecule has 0 radical (unpaired) electrons. The lowest BCUT2D eigenvalue weighted by Crippen LogP contribution is -2.43. The van der Waals surface area contributed by atoms with Crippen LogP contribution in [0.3, 0.4) is 0 Å². The lowest BCUT2D eigenvalue weighted by molar-refractivity contribution is -0.136. The molecular weight excluding hydrogens is 418 g/mol. The summed E-state index contributed by atoms with van der Waals surface area (Å²) in [5.41, 5.74) is 2.92. The monoisotopic (exact) mass is 447 g/mol. The van der Waals surface area contributed by atoms with E-state index in [0.717, 1.165) is 16.7 Å². The van der Waals surface area contributed by atoms with Crippen molar-refractivity contribution in [2.24, 2.45) is 0 Å². The first-order valence-electron chi connectivity index (χ1n) is 10.1. The Morgan fingerprint density at radius 1 is 1.03 bits per heavy atom. The average Bonchev–Trinajstić information content (AvgIpc) is 3.08. The molecule has 31 heavy (non-hydrogen) atoms. The molecule has 0 bridgehead atoms. The molecule has 1 aliphatic heterocycles. The molecule has 0 saturated carbocycles. The largest absolute Gasteiger partial charge is 0.493 e. The Hall–Kier alpha value is -2.74. The maximum absolute atomic E-state index is 13.1. The fourth-order valence-electron chi connectivity index (χ4n) is 3.86. The molecule has 0 aromatic heterocycles. The van der Waals surface area contributed by atoms with Crippen molar-refractivity contribution in [3.63, 3.8) is 0 Å². The number of benzene rings is 2. The number of nitrogens with zero attached hydrogens (tertiary/aromatic N) is 1. The highest BCUT2D eigenvalue weighted by atomic mass is 32.2. The minimum Gasteiger partial charge on any atom is -0.493 e. The highest BCUT2D eigenvalue weighted by molar-refractivity contribution is 7.91. The highest BCUT2D eigenvalue weighted by Gasteiger charge is 2.35. The van der Waals surface area contributed by atoms with Crippen LogP contribution in [0.25, 0.3) is 0 Å². The van der Waals surface area contributed by atoms with Crippen LogP contribution in [0, 0.1) is 13.8 Å². The van der Waals surface area contributed by atoms with Crippen molar-refractivity contribution in [1.29, 1.82) is 0 Å². The number of sulfone groups is 1. The summed E-state index contributed by atoms with van der Waals surface area (Å²) in [6.45, 7) is 4.03. The SMILES string of the molecule is COc1ccc(CN(C(=O)COc2cc(C)cc(C)c2)C2CCS(=O)(=O)C2)cc1OC. The minimum atomic E-state index is -3.15. The van der Waals surface area contributed by atoms with Gasteiger partial charge in [0, 0.05) is 12.6 Å². The van der Waals surface area contributed by atoms with E-state index in [1.54, 1.807) is 31.3 Å². The minimum absolute atomic E-state index is 0.0322. The summed E-state index contributed by atoms with van der Waals surface area (Å²) in [6, 6.07) is 10.8. The topological polar surface area (TPSA) is 82.1 Å². The molecule has 1 aliphatic rings. The fourth-order valence-corrected chi connectivity index (χ4v) is 5.59. The van der Waals surface area contributed by atoms with E-state index >= 15 is 0 Å². The van der Waals surface area contributed by atoms with Gasteiger partial charge in [0.2, 0.25) is 0 Å². The number of carbonyl (C=O) groups is 1. The van der Waals surface area contributed by atoms with Gasteiger partial charge in [-0.1, -0.05) is 12.1 Å². The molecule has 1 unspecified atom stereocenters. The van der Waals surface area contributed by atoms with Gasteiger partial charge in [-0.05, 0) is 61.2 Å². The smallest absolute Gasteiger partial charge is 0.261 e. The van der Waals surface area contributed by atoms with Crippen LogP contribution >= 0.6 is 0 Å². The van der Waals surface area contributed by atoms with Gasteiger partial charge in [-0.15, -0.1) is 0 Å². The van der Waals surface area contributed by atoms with Crippen LogP contribution in [0.2, 0.25) is 0 Å². The molecule has 3 rings (SSSR count). The number of aryl methyl sites for hydroxylation is 2. The van der Waals surface area contributed by atoms with Gasteiger partial charge in [0.15, 0.2) is 27.9 Å². The molecule has 168 valence electrons. The molecule has 7 nitrogen and oxygen atoms in total. The third-order valence-corrected chi connectivity index (χ3v) is 7.08. The Kier molecular flexibility index (Phi) is 7.10. The third-order valence-electron chi connectivity index (χ3n) is 5.33. The molecule has 0 aliphatic carbocycles. The molecule has 1 amide bonds. The molecule has 0 spiro atoms. The van der Waals surface area contributed by atoms with Crippen LogP contribution in [-0.4, -0.2) is 57.6 Å². The van der Waals surface area contributed by atoms with Crippen molar-refractivity contribution in [2.45, 2.75) is 32.9 Å². The van der Waals surface area contributed by atoms with E-state index in [0.29, 0.717) is 23.7 Å². The van der Waals surface area contributed by atoms with E-state index in [1.807, 2.05) is 38.1 Å². The zero-order valence-corrected chi connectivity index (χ0v) is 19.2. The first-order chi connectivity index (χ1) is 14.7. The molecule has 0 N–H and O–H groups in total. The highest BCUT2D eigenvalue weighted by Crippen LogP contribution is 2.29. The van der Waals surface area contributed by atoms with Crippen molar-refractivity contribution >= 4 is 15.7 Å². The lowest BCUT2D eigenvalue weighted by atomic mass is 10.1. The van der Waals surface area contributed by atoms with Crippen molar-refractivity contribution in [3.05, 3.63) is 53.1 Å². The number of methoxy groups -OCH3 is 2. The van der Waals surface area contributed by atoms with Crippen LogP contribution in [-0.2, 0) is 21.2 Å². The quantitative estimate of drug-likeness (QED) is 0.619. The van der Waals surface area contributed by atoms with Gasteiger partial charge in [-0.25, -0.2) is 8.42 Å². The van der Waals surface area contributed by atoms with Gasteiger partial charge in [0.25, 0.3) is 5.91 Å². The van der Waals surface area contributed by atoms with E-state index in [9.17, 15) is 13.2 Å². The van der Waals surface area contributed by atoms with Crippen molar-refractivity contribution in [1.82, 2.24) is 4.90 Å². The molecule has 8 heteroatoms. The van der Waals surface area contributed by atoms with Crippen molar-refractivity contribution in [3.8, 4) is 17.2 Å². The van der Waals surface area contributed by atoms with Gasteiger partial charge in [0.05, 0.1) is 25.7 Å².